The van der Waals surface area contributed by atoms with Crippen molar-refractivity contribution in [2.24, 2.45) is 0 Å². The van der Waals surface area contributed by atoms with E-state index in [1.54, 1.807) is 0 Å². The highest BCUT2D eigenvalue weighted by Gasteiger charge is 2.20. The van der Waals surface area contributed by atoms with Crippen molar-refractivity contribution in [3.05, 3.63) is 35.4 Å². The van der Waals surface area contributed by atoms with Gasteiger partial charge in [-0.2, -0.15) is 0 Å². The molecule has 1 N–H and O–H groups in total. The predicted octanol–water partition coefficient (Wildman–Crippen LogP) is 2.87. The van der Waals surface area contributed by atoms with Crippen LogP contribution < -0.4 is 10.2 Å². The largest absolute Gasteiger partial charge is 0.363 e. The minimum Gasteiger partial charge on any atom is -0.363 e. The van der Waals surface area contributed by atoms with Crippen molar-refractivity contribution in [2.45, 2.75) is 20.8 Å². The van der Waals surface area contributed by atoms with Gasteiger partial charge in [-0.3, -0.25) is 0 Å². The number of fused-ring (bicyclic) bond motifs is 1. The van der Waals surface area contributed by atoms with Gasteiger partial charge in [0.2, 0.25) is 0 Å². The summed E-state index contributed by atoms with van der Waals surface area (Å²) in [6, 6.07) is 8.60. The second-order valence-electron chi connectivity index (χ2n) is 6.08. The van der Waals surface area contributed by atoms with Crippen LogP contribution in [-0.2, 0) is 0 Å². The monoisotopic (exact) mass is 328 g/mol. The summed E-state index contributed by atoms with van der Waals surface area (Å²) in [5.41, 5.74) is 3.65. The lowest BCUT2D eigenvalue weighted by atomic mass is 10.1. The Balaban J connectivity index is 1.80. The maximum atomic E-state index is 5.41. The van der Waals surface area contributed by atoms with Crippen LogP contribution in [0.5, 0.6) is 0 Å². The van der Waals surface area contributed by atoms with E-state index in [4.69, 9.17) is 17.2 Å². The normalized spacial score (nSPS) is 15.1. The Labute approximate surface area is 143 Å². The van der Waals surface area contributed by atoms with Gasteiger partial charge in [-0.25, -0.2) is 4.98 Å². The first-order chi connectivity index (χ1) is 11.1. The molecule has 4 nitrogen and oxygen atoms in total. The minimum absolute atomic E-state index is 0.866. The summed E-state index contributed by atoms with van der Waals surface area (Å²) in [4.78, 5) is 9.53. The zero-order valence-electron chi connectivity index (χ0n) is 14.1. The Morgan fingerprint density at radius 3 is 2.61 bits per heavy atom. The summed E-state index contributed by atoms with van der Waals surface area (Å²) in [7, 11) is 0. The molecule has 1 fully saturated rings. The highest BCUT2D eigenvalue weighted by Crippen LogP contribution is 2.25. The Hall–Kier alpha value is -1.88. The first-order valence-electron chi connectivity index (χ1n) is 8.25. The maximum Gasteiger partial charge on any atom is 0.169 e. The number of hydrogen-bond donors (Lipinski definition) is 1. The molecule has 1 aliphatic heterocycles. The number of nitrogens with zero attached hydrogens (tertiary/aromatic N) is 3. The third kappa shape index (κ3) is 3.24. The van der Waals surface area contributed by atoms with Crippen LogP contribution in [-0.4, -0.2) is 47.7 Å². The van der Waals surface area contributed by atoms with Crippen LogP contribution in [0.3, 0.4) is 0 Å². The SMILES string of the molecule is CCNC(=S)N1CCN(c2cc(C)c3cccc(C)c3n2)CC1. The van der Waals surface area contributed by atoms with Gasteiger partial charge in [-0.15, -0.1) is 0 Å². The molecule has 0 unspecified atom stereocenters. The minimum atomic E-state index is 0.866. The van der Waals surface area contributed by atoms with Gasteiger partial charge >= 0.3 is 0 Å². The quantitative estimate of drug-likeness (QED) is 0.857. The number of benzene rings is 1. The van der Waals surface area contributed by atoms with E-state index in [1.807, 2.05) is 0 Å². The number of hydrogen-bond acceptors (Lipinski definition) is 3. The van der Waals surface area contributed by atoms with Gasteiger partial charge in [0, 0.05) is 38.1 Å². The van der Waals surface area contributed by atoms with Gasteiger partial charge < -0.3 is 15.1 Å². The number of aromatic nitrogens is 1. The Morgan fingerprint density at radius 1 is 1.17 bits per heavy atom. The highest BCUT2D eigenvalue weighted by atomic mass is 32.1. The molecule has 5 heteroatoms. The zero-order chi connectivity index (χ0) is 16.4. The molecule has 23 heavy (non-hydrogen) atoms. The summed E-state index contributed by atoms with van der Waals surface area (Å²) in [5, 5.41) is 5.35. The van der Waals surface area contributed by atoms with E-state index in [9.17, 15) is 0 Å². The topological polar surface area (TPSA) is 31.4 Å². The fourth-order valence-electron chi connectivity index (χ4n) is 3.11. The average molecular weight is 328 g/mol. The molecule has 0 bridgehead atoms. The van der Waals surface area contributed by atoms with Crippen LogP contribution >= 0.6 is 12.2 Å². The maximum absolute atomic E-state index is 5.41. The van der Waals surface area contributed by atoms with Gasteiger partial charge in [0.05, 0.1) is 5.52 Å². The summed E-state index contributed by atoms with van der Waals surface area (Å²) < 4.78 is 0. The molecule has 1 aromatic carbocycles. The fraction of sp³-hybridized carbons (Fsp3) is 0.444. The Morgan fingerprint density at radius 2 is 1.91 bits per heavy atom. The molecule has 1 aliphatic rings. The van der Waals surface area contributed by atoms with Crippen LogP contribution in [0.25, 0.3) is 10.9 Å². The van der Waals surface area contributed by atoms with E-state index in [2.05, 4.69) is 60.2 Å². The third-order valence-corrected chi connectivity index (χ3v) is 4.86. The van der Waals surface area contributed by atoms with Crippen molar-refractivity contribution in [1.82, 2.24) is 15.2 Å². The second kappa shape index (κ2) is 6.71. The number of rotatable bonds is 2. The molecular formula is C18H24N4S. The van der Waals surface area contributed by atoms with Gasteiger partial charge in [0.15, 0.2) is 5.11 Å². The molecule has 0 spiro atoms. The molecule has 122 valence electrons. The van der Waals surface area contributed by atoms with Crippen LogP contribution in [0.2, 0.25) is 0 Å². The molecule has 1 saturated heterocycles. The van der Waals surface area contributed by atoms with Crippen molar-refractivity contribution in [3.63, 3.8) is 0 Å². The number of nitrogens with one attached hydrogen (secondary N) is 1. The number of aryl methyl sites for hydroxylation is 2. The van der Waals surface area contributed by atoms with E-state index in [0.717, 1.165) is 49.2 Å². The van der Waals surface area contributed by atoms with Crippen molar-refractivity contribution in [1.29, 1.82) is 0 Å². The van der Waals surface area contributed by atoms with E-state index < -0.39 is 0 Å². The van der Waals surface area contributed by atoms with E-state index in [0.29, 0.717) is 0 Å². The fourth-order valence-corrected chi connectivity index (χ4v) is 3.43. The summed E-state index contributed by atoms with van der Waals surface area (Å²) in [5.74, 6) is 1.08. The summed E-state index contributed by atoms with van der Waals surface area (Å²) >= 11 is 5.41. The molecule has 2 aromatic rings. The predicted molar refractivity (Wildman–Crippen MR) is 101 cm³/mol. The third-order valence-electron chi connectivity index (χ3n) is 4.45. The molecule has 0 saturated carbocycles. The van der Waals surface area contributed by atoms with Gasteiger partial charge in [0.1, 0.15) is 5.82 Å². The molecule has 0 radical (unpaired) electrons. The number of para-hydroxylation sites is 1. The van der Waals surface area contributed by atoms with Crippen molar-refractivity contribution in [2.75, 3.05) is 37.6 Å². The summed E-state index contributed by atoms with van der Waals surface area (Å²) in [6.07, 6.45) is 0. The zero-order valence-corrected chi connectivity index (χ0v) is 14.9. The second-order valence-corrected chi connectivity index (χ2v) is 6.46. The van der Waals surface area contributed by atoms with Gasteiger partial charge in [0.25, 0.3) is 0 Å². The lowest BCUT2D eigenvalue weighted by molar-refractivity contribution is 0.380. The molecule has 0 atom stereocenters. The van der Waals surface area contributed by atoms with Gasteiger partial charge in [-0.05, 0) is 50.2 Å². The van der Waals surface area contributed by atoms with Crippen molar-refractivity contribution in [3.8, 4) is 0 Å². The standard InChI is InChI=1S/C18H24N4S/c1-4-19-18(23)22-10-8-21(9-11-22)16-12-14(3)15-7-5-6-13(2)17(15)20-16/h5-7,12H,4,8-11H2,1-3H3,(H,19,23). The molecule has 1 aromatic heterocycles. The number of thiocarbonyl (C=S) groups is 1. The van der Waals surface area contributed by atoms with E-state index >= 15 is 0 Å². The smallest absolute Gasteiger partial charge is 0.169 e. The van der Waals surface area contributed by atoms with Crippen LogP contribution in [0.15, 0.2) is 24.3 Å². The molecular weight excluding hydrogens is 304 g/mol. The van der Waals surface area contributed by atoms with Crippen molar-refractivity contribution < 1.29 is 0 Å². The number of anilines is 1. The lowest BCUT2D eigenvalue weighted by Gasteiger charge is -2.37. The average Bonchev–Trinajstić information content (AvgIpc) is 2.56. The van der Waals surface area contributed by atoms with Crippen molar-refractivity contribution >= 4 is 34.1 Å². The Bertz CT molecular complexity index is 720. The van der Waals surface area contributed by atoms with Crippen LogP contribution in [0.1, 0.15) is 18.1 Å². The summed E-state index contributed by atoms with van der Waals surface area (Å²) in [6.45, 7) is 11.0. The molecule has 2 heterocycles. The molecule has 3 rings (SSSR count). The Kier molecular flexibility index (Phi) is 4.66. The van der Waals surface area contributed by atoms with Crippen LogP contribution in [0, 0.1) is 13.8 Å². The van der Waals surface area contributed by atoms with E-state index in [-0.39, 0.29) is 0 Å². The van der Waals surface area contributed by atoms with E-state index in [1.165, 1.54) is 16.5 Å². The first kappa shape index (κ1) is 16.0. The molecule has 0 amide bonds. The highest BCUT2D eigenvalue weighted by molar-refractivity contribution is 7.80. The molecule has 0 aliphatic carbocycles. The first-order valence-corrected chi connectivity index (χ1v) is 8.65. The van der Waals surface area contributed by atoms with Gasteiger partial charge in [-0.1, -0.05) is 18.2 Å². The van der Waals surface area contributed by atoms with Crippen LogP contribution in [0.4, 0.5) is 5.82 Å². The lowest BCUT2D eigenvalue weighted by Crippen LogP contribution is -2.51. The number of piperazine rings is 1. The number of pyridine rings is 1.